The number of rotatable bonds is 5. The van der Waals surface area contributed by atoms with Crippen LogP contribution >= 0.6 is 0 Å². The van der Waals surface area contributed by atoms with Gasteiger partial charge in [0.1, 0.15) is 17.6 Å². The van der Waals surface area contributed by atoms with Gasteiger partial charge in [0.05, 0.1) is 19.0 Å². The molecule has 0 saturated carbocycles. The van der Waals surface area contributed by atoms with Gasteiger partial charge in [0.15, 0.2) is 5.69 Å². The van der Waals surface area contributed by atoms with E-state index in [9.17, 15) is 0 Å². The number of nitriles is 1. The van der Waals surface area contributed by atoms with Crippen LogP contribution in [0.15, 0.2) is 36.7 Å². The molecule has 1 aromatic heterocycles. The summed E-state index contributed by atoms with van der Waals surface area (Å²) in [7, 11) is 0. The van der Waals surface area contributed by atoms with Gasteiger partial charge in [0, 0.05) is 32.7 Å². The minimum Gasteiger partial charge on any atom is -0.494 e. The van der Waals surface area contributed by atoms with Gasteiger partial charge in [0.25, 0.3) is 0 Å². The molecule has 0 aliphatic carbocycles. The normalized spacial score (nSPS) is 15.1. The van der Waals surface area contributed by atoms with E-state index in [0.29, 0.717) is 12.3 Å². The summed E-state index contributed by atoms with van der Waals surface area (Å²) in [5, 5.41) is 8.78. The first-order chi connectivity index (χ1) is 11.8. The number of hydrogen-bond acceptors (Lipinski definition) is 6. The van der Waals surface area contributed by atoms with Crippen LogP contribution in [0.1, 0.15) is 18.2 Å². The highest BCUT2D eigenvalue weighted by atomic mass is 16.5. The molecule has 0 spiro atoms. The molecule has 0 unspecified atom stereocenters. The lowest BCUT2D eigenvalue weighted by molar-refractivity contribution is 0.249. The summed E-state index contributed by atoms with van der Waals surface area (Å²) in [5.41, 5.74) is 1.65. The maximum Gasteiger partial charge on any atom is 0.158 e. The van der Waals surface area contributed by atoms with Gasteiger partial charge in [0.2, 0.25) is 0 Å². The van der Waals surface area contributed by atoms with Crippen LogP contribution in [0.25, 0.3) is 0 Å². The van der Waals surface area contributed by atoms with Crippen LogP contribution in [0.4, 0.5) is 5.82 Å². The van der Waals surface area contributed by atoms with Gasteiger partial charge in [-0.1, -0.05) is 12.1 Å². The Balaban J connectivity index is 1.52. The number of ether oxygens (including phenoxy) is 1. The summed E-state index contributed by atoms with van der Waals surface area (Å²) in [5.74, 6) is 1.76. The quantitative estimate of drug-likeness (QED) is 0.839. The Hall–Kier alpha value is -2.65. The van der Waals surface area contributed by atoms with Crippen LogP contribution < -0.4 is 9.64 Å². The number of aromatic nitrogens is 2. The summed E-state index contributed by atoms with van der Waals surface area (Å²) >= 11 is 0. The highest BCUT2D eigenvalue weighted by Crippen LogP contribution is 2.16. The van der Waals surface area contributed by atoms with E-state index in [4.69, 9.17) is 10.00 Å². The summed E-state index contributed by atoms with van der Waals surface area (Å²) in [6.45, 7) is 7.42. The number of nitrogens with zero attached hydrogens (tertiary/aromatic N) is 5. The Morgan fingerprint density at radius 2 is 1.83 bits per heavy atom. The summed E-state index contributed by atoms with van der Waals surface area (Å²) in [6, 6.07) is 10.3. The molecular weight excluding hydrogens is 302 g/mol. The summed E-state index contributed by atoms with van der Waals surface area (Å²) in [6.07, 6.45) is 3.21. The Kier molecular flexibility index (Phi) is 5.24. The average Bonchev–Trinajstić information content (AvgIpc) is 2.64. The van der Waals surface area contributed by atoms with E-state index in [-0.39, 0.29) is 0 Å². The summed E-state index contributed by atoms with van der Waals surface area (Å²) < 4.78 is 5.48. The number of hydrogen-bond donors (Lipinski definition) is 0. The Bertz CT molecular complexity index is 685. The average molecular weight is 323 g/mol. The first-order valence-corrected chi connectivity index (χ1v) is 8.19. The monoisotopic (exact) mass is 323 g/mol. The molecule has 1 aromatic carbocycles. The number of piperazine rings is 1. The van der Waals surface area contributed by atoms with Gasteiger partial charge in [-0.05, 0) is 24.6 Å². The van der Waals surface area contributed by atoms with E-state index in [1.807, 2.05) is 25.1 Å². The topological polar surface area (TPSA) is 65.3 Å². The fraction of sp³-hybridized carbons (Fsp3) is 0.389. The Morgan fingerprint density at radius 1 is 1.08 bits per heavy atom. The second-order valence-corrected chi connectivity index (χ2v) is 5.71. The molecule has 6 heteroatoms. The SMILES string of the molecule is CCOc1ccc(CN2CCN(c3cnc(C#N)cn3)CC2)cc1. The lowest BCUT2D eigenvalue weighted by atomic mass is 10.2. The smallest absolute Gasteiger partial charge is 0.158 e. The lowest BCUT2D eigenvalue weighted by Crippen LogP contribution is -2.46. The van der Waals surface area contributed by atoms with Crippen LogP contribution in [-0.4, -0.2) is 47.7 Å². The molecular formula is C18H21N5O. The van der Waals surface area contributed by atoms with Crippen molar-refractivity contribution in [3.05, 3.63) is 47.9 Å². The minimum absolute atomic E-state index is 0.355. The van der Waals surface area contributed by atoms with Crippen LogP contribution in [-0.2, 0) is 6.54 Å². The molecule has 1 aliphatic rings. The maximum absolute atomic E-state index is 8.78. The minimum atomic E-state index is 0.355. The standard InChI is InChI=1S/C18H21N5O/c1-2-24-17-5-3-15(4-6-17)14-22-7-9-23(10-8-22)18-13-20-16(11-19)12-21-18/h3-6,12-13H,2,7-10,14H2,1H3. The molecule has 0 N–H and O–H groups in total. The highest BCUT2D eigenvalue weighted by Gasteiger charge is 2.18. The van der Waals surface area contributed by atoms with Crippen LogP contribution in [0.3, 0.4) is 0 Å². The second-order valence-electron chi connectivity index (χ2n) is 5.71. The van der Waals surface area contributed by atoms with E-state index in [2.05, 4.69) is 31.9 Å². The lowest BCUT2D eigenvalue weighted by Gasteiger charge is -2.35. The Morgan fingerprint density at radius 3 is 2.42 bits per heavy atom. The van der Waals surface area contributed by atoms with E-state index in [1.54, 1.807) is 6.20 Å². The predicted octanol–water partition coefficient (Wildman–Crippen LogP) is 2.07. The first-order valence-electron chi connectivity index (χ1n) is 8.19. The molecule has 6 nitrogen and oxygen atoms in total. The molecule has 2 heterocycles. The van der Waals surface area contributed by atoms with E-state index >= 15 is 0 Å². The van der Waals surface area contributed by atoms with Crippen molar-refractivity contribution in [2.75, 3.05) is 37.7 Å². The molecule has 1 fully saturated rings. The molecule has 0 atom stereocenters. The van der Waals surface area contributed by atoms with Crippen molar-refractivity contribution in [1.82, 2.24) is 14.9 Å². The molecule has 1 aliphatic heterocycles. The van der Waals surface area contributed by atoms with Crippen molar-refractivity contribution in [2.24, 2.45) is 0 Å². The van der Waals surface area contributed by atoms with E-state index < -0.39 is 0 Å². The van der Waals surface area contributed by atoms with Crippen molar-refractivity contribution in [2.45, 2.75) is 13.5 Å². The molecule has 124 valence electrons. The largest absolute Gasteiger partial charge is 0.494 e. The van der Waals surface area contributed by atoms with Gasteiger partial charge in [-0.2, -0.15) is 5.26 Å². The number of benzene rings is 1. The van der Waals surface area contributed by atoms with Crippen molar-refractivity contribution in [3.8, 4) is 11.8 Å². The maximum atomic E-state index is 8.78. The van der Waals surface area contributed by atoms with Gasteiger partial charge >= 0.3 is 0 Å². The molecule has 1 saturated heterocycles. The first kappa shape index (κ1) is 16.2. The van der Waals surface area contributed by atoms with Crippen molar-refractivity contribution in [3.63, 3.8) is 0 Å². The van der Waals surface area contributed by atoms with E-state index in [1.165, 1.54) is 11.8 Å². The zero-order chi connectivity index (χ0) is 16.8. The van der Waals surface area contributed by atoms with Crippen LogP contribution in [0.5, 0.6) is 5.75 Å². The third-order valence-corrected chi connectivity index (χ3v) is 4.09. The molecule has 0 amide bonds. The highest BCUT2D eigenvalue weighted by molar-refractivity contribution is 5.38. The van der Waals surface area contributed by atoms with Crippen molar-refractivity contribution in [1.29, 1.82) is 5.26 Å². The fourth-order valence-corrected chi connectivity index (χ4v) is 2.79. The van der Waals surface area contributed by atoms with Crippen molar-refractivity contribution < 1.29 is 4.74 Å². The predicted molar refractivity (Wildman–Crippen MR) is 91.8 cm³/mol. The molecule has 0 radical (unpaired) electrons. The van der Waals surface area contributed by atoms with Crippen LogP contribution in [0.2, 0.25) is 0 Å². The van der Waals surface area contributed by atoms with Gasteiger partial charge in [-0.25, -0.2) is 9.97 Å². The summed E-state index contributed by atoms with van der Waals surface area (Å²) in [4.78, 5) is 13.1. The third kappa shape index (κ3) is 4.00. The van der Waals surface area contributed by atoms with Crippen LogP contribution in [0, 0.1) is 11.3 Å². The molecule has 24 heavy (non-hydrogen) atoms. The Labute approximate surface area is 142 Å². The molecule has 3 rings (SSSR count). The zero-order valence-electron chi connectivity index (χ0n) is 13.9. The fourth-order valence-electron chi connectivity index (χ4n) is 2.79. The molecule has 2 aromatic rings. The van der Waals surface area contributed by atoms with Gasteiger partial charge in [-0.15, -0.1) is 0 Å². The van der Waals surface area contributed by atoms with Gasteiger partial charge < -0.3 is 9.64 Å². The van der Waals surface area contributed by atoms with Gasteiger partial charge in [-0.3, -0.25) is 4.90 Å². The zero-order valence-corrected chi connectivity index (χ0v) is 13.9. The third-order valence-electron chi connectivity index (χ3n) is 4.09. The van der Waals surface area contributed by atoms with Crippen molar-refractivity contribution >= 4 is 5.82 Å². The second kappa shape index (κ2) is 7.75. The van der Waals surface area contributed by atoms with E-state index in [0.717, 1.165) is 44.3 Å². The molecule has 0 bridgehead atoms. The number of anilines is 1.